The molecule has 7 N–H and O–H groups in total. The van der Waals surface area contributed by atoms with Gasteiger partial charge in [-0.3, -0.25) is 14.6 Å². The molecule has 1 aromatic rings. The van der Waals surface area contributed by atoms with Gasteiger partial charge in [-0.1, -0.05) is 30.3 Å². The van der Waals surface area contributed by atoms with Crippen molar-refractivity contribution in [3.8, 4) is 0 Å². The first-order valence-electron chi connectivity index (χ1n) is 8.17. The number of ether oxygens (including phenoxy) is 1. The molecule has 9 nitrogen and oxygen atoms in total. The number of benzene rings is 1. The molecule has 0 aliphatic heterocycles. The van der Waals surface area contributed by atoms with Crippen LogP contribution in [-0.2, 0) is 25.5 Å². The number of esters is 2. The number of carbonyl (C=O) groups is 3. The predicted molar refractivity (Wildman–Crippen MR) is 96.7 cm³/mol. The molecule has 1 aromatic carbocycles. The van der Waals surface area contributed by atoms with E-state index in [9.17, 15) is 14.4 Å². The summed E-state index contributed by atoms with van der Waals surface area (Å²) >= 11 is 0. The summed E-state index contributed by atoms with van der Waals surface area (Å²) in [6, 6.07) is 7.19. The number of hydrogen-bond acceptors (Lipinski definition) is 6. The summed E-state index contributed by atoms with van der Waals surface area (Å²) in [5.41, 5.74) is 17.1. The largest absolute Gasteiger partial charge is 0.392 e. The molecule has 142 valence electrons. The second-order valence-corrected chi connectivity index (χ2v) is 5.72. The minimum Gasteiger partial charge on any atom is -0.392 e. The Balaban J connectivity index is 2.68. The van der Waals surface area contributed by atoms with Crippen LogP contribution in [0.1, 0.15) is 25.3 Å². The molecule has 0 aromatic heterocycles. The lowest BCUT2D eigenvalue weighted by atomic mass is 10.0. The van der Waals surface area contributed by atoms with E-state index in [2.05, 4.69) is 15.0 Å². The third-order valence-corrected chi connectivity index (χ3v) is 3.43. The summed E-state index contributed by atoms with van der Waals surface area (Å²) in [6.07, 6.45) is 1.02. The number of hydrogen-bond donors (Lipinski definition) is 4. The Bertz CT molecular complexity index is 644. The van der Waals surface area contributed by atoms with Crippen LogP contribution in [0.15, 0.2) is 35.3 Å². The minimum absolute atomic E-state index is 0.0297. The molecular weight excluding hydrogens is 338 g/mol. The van der Waals surface area contributed by atoms with E-state index in [1.165, 1.54) is 0 Å². The number of guanidine groups is 1. The van der Waals surface area contributed by atoms with Crippen LogP contribution in [0, 0.1) is 0 Å². The van der Waals surface area contributed by atoms with E-state index < -0.39 is 29.9 Å². The van der Waals surface area contributed by atoms with Crippen LogP contribution in [0.4, 0.5) is 0 Å². The van der Waals surface area contributed by atoms with Gasteiger partial charge in [-0.15, -0.1) is 0 Å². The number of aliphatic imine (C=N–C) groups is 1. The molecule has 0 saturated heterocycles. The van der Waals surface area contributed by atoms with Gasteiger partial charge in [0.15, 0.2) is 5.96 Å². The zero-order valence-electron chi connectivity index (χ0n) is 14.7. The maximum absolute atomic E-state index is 12.2. The monoisotopic (exact) mass is 363 g/mol. The molecule has 0 saturated carbocycles. The molecule has 0 radical (unpaired) electrons. The summed E-state index contributed by atoms with van der Waals surface area (Å²) in [7, 11) is 0. The number of nitrogens with one attached hydrogen (secondary N) is 1. The Labute approximate surface area is 152 Å². The number of carbonyl (C=O) groups excluding carboxylic acids is 3. The van der Waals surface area contributed by atoms with Gasteiger partial charge >= 0.3 is 11.9 Å². The summed E-state index contributed by atoms with van der Waals surface area (Å²) in [6.45, 7) is 1.47. The van der Waals surface area contributed by atoms with Crippen LogP contribution in [0.5, 0.6) is 0 Å². The summed E-state index contributed by atoms with van der Waals surface area (Å²) in [5, 5.41) is 2.54. The van der Waals surface area contributed by atoms with Gasteiger partial charge in [0.05, 0.1) is 6.04 Å². The van der Waals surface area contributed by atoms with E-state index in [0.29, 0.717) is 19.4 Å². The van der Waals surface area contributed by atoms with E-state index in [1.807, 2.05) is 6.07 Å². The fourth-order valence-electron chi connectivity index (χ4n) is 2.19. The Morgan fingerprint density at radius 2 is 1.85 bits per heavy atom. The van der Waals surface area contributed by atoms with Crippen molar-refractivity contribution in [1.82, 2.24) is 5.32 Å². The highest BCUT2D eigenvalue weighted by Crippen LogP contribution is 2.06. The molecule has 26 heavy (non-hydrogen) atoms. The lowest BCUT2D eigenvalue weighted by Crippen LogP contribution is -2.50. The van der Waals surface area contributed by atoms with Crippen molar-refractivity contribution < 1.29 is 19.1 Å². The average Bonchev–Trinajstić information content (AvgIpc) is 2.58. The molecule has 0 fully saturated rings. The van der Waals surface area contributed by atoms with Crippen molar-refractivity contribution in [3.05, 3.63) is 35.9 Å². The molecule has 0 aliphatic rings. The Hall–Kier alpha value is -2.94. The van der Waals surface area contributed by atoms with Crippen LogP contribution in [0.25, 0.3) is 0 Å². The first kappa shape index (κ1) is 21.1. The highest BCUT2D eigenvalue weighted by Gasteiger charge is 2.26. The molecule has 9 heteroatoms. The molecule has 0 bridgehead atoms. The summed E-state index contributed by atoms with van der Waals surface area (Å²) in [5.74, 6) is -2.12. The lowest BCUT2D eigenvalue weighted by Gasteiger charge is -2.19. The number of amides is 1. The fraction of sp³-hybridized carbons (Fsp3) is 0.412. The number of nitrogens with zero attached hydrogens (tertiary/aromatic N) is 1. The van der Waals surface area contributed by atoms with Gasteiger partial charge in [0.2, 0.25) is 5.91 Å². The van der Waals surface area contributed by atoms with Crippen LogP contribution in [-0.4, -0.2) is 42.4 Å². The molecule has 2 atom stereocenters. The van der Waals surface area contributed by atoms with Gasteiger partial charge in [-0.05, 0) is 18.4 Å². The van der Waals surface area contributed by atoms with Crippen molar-refractivity contribution >= 4 is 23.8 Å². The number of nitrogens with two attached hydrogens (primary N) is 3. The second kappa shape index (κ2) is 10.8. The lowest BCUT2D eigenvalue weighted by molar-refractivity contribution is -0.160. The predicted octanol–water partition coefficient (Wildman–Crippen LogP) is -0.815. The highest BCUT2D eigenvalue weighted by molar-refractivity contribution is 5.91. The highest BCUT2D eigenvalue weighted by atomic mass is 16.6. The second-order valence-electron chi connectivity index (χ2n) is 5.72. The van der Waals surface area contributed by atoms with E-state index in [-0.39, 0.29) is 12.4 Å². The Morgan fingerprint density at radius 1 is 1.19 bits per heavy atom. The fourth-order valence-corrected chi connectivity index (χ4v) is 2.19. The van der Waals surface area contributed by atoms with Crippen molar-refractivity contribution in [3.63, 3.8) is 0 Å². The maximum Gasteiger partial charge on any atom is 0.336 e. The van der Waals surface area contributed by atoms with Crippen LogP contribution in [0.2, 0.25) is 0 Å². The molecule has 0 heterocycles. The van der Waals surface area contributed by atoms with E-state index in [1.54, 1.807) is 24.3 Å². The van der Waals surface area contributed by atoms with Crippen LogP contribution >= 0.6 is 0 Å². The molecular formula is C17H25N5O4. The van der Waals surface area contributed by atoms with E-state index in [0.717, 1.165) is 12.5 Å². The topological polar surface area (TPSA) is 163 Å². The van der Waals surface area contributed by atoms with Gasteiger partial charge < -0.3 is 27.3 Å². The Morgan fingerprint density at radius 3 is 2.42 bits per heavy atom. The van der Waals surface area contributed by atoms with Crippen molar-refractivity contribution in [1.29, 1.82) is 0 Å². The summed E-state index contributed by atoms with van der Waals surface area (Å²) < 4.78 is 4.61. The standard InChI is InChI=1S/C17H25N5O4/c1-11(23)26-16(25)14(10-12-6-3-2-4-7-12)22-15(24)13(18)8-5-9-21-17(19)20/h2-4,6-7,13-14H,5,8-10,18H2,1H3,(H,22,24)(H4,19,20,21)/t13-,14-/m1/s1. The zero-order chi connectivity index (χ0) is 19.5. The van der Waals surface area contributed by atoms with E-state index in [4.69, 9.17) is 17.2 Å². The SMILES string of the molecule is CC(=O)OC(=O)[C@@H](Cc1ccccc1)NC(=O)[C@H](N)CCCN=C(N)N. The summed E-state index contributed by atoms with van der Waals surface area (Å²) in [4.78, 5) is 39.2. The first-order chi connectivity index (χ1) is 12.3. The van der Waals surface area contributed by atoms with Crippen LogP contribution < -0.4 is 22.5 Å². The normalized spacial score (nSPS) is 12.5. The Kier molecular flexibility index (Phi) is 8.79. The van der Waals surface area contributed by atoms with Gasteiger partial charge in [0.25, 0.3) is 0 Å². The van der Waals surface area contributed by atoms with Gasteiger partial charge in [0, 0.05) is 19.9 Å². The molecule has 0 spiro atoms. The molecule has 0 aliphatic carbocycles. The smallest absolute Gasteiger partial charge is 0.336 e. The molecule has 1 rings (SSSR count). The average molecular weight is 363 g/mol. The van der Waals surface area contributed by atoms with Crippen molar-refractivity contribution in [2.24, 2.45) is 22.2 Å². The molecule has 0 unspecified atom stereocenters. The van der Waals surface area contributed by atoms with E-state index >= 15 is 0 Å². The first-order valence-corrected chi connectivity index (χ1v) is 8.17. The van der Waals surface area contributed by atoms with Crippen LogP contribution in [0.3, 0.4) is 0 Å². The minimum atomic E-state index is -1.02. The third kappa shape index (κ3) is 8.25. The van der Waals surface area contributed by atoms with Gasteiger partial charge in [0.1, 0.15) is 6.04 Å². The van der Waals surface area contributed by atoms with Gasteiger partial charge in [-0.2, -0.15) is 0 Å². The van der Waals surface area contributed by atoms with Gasteiger partial charge in [-0.25, -0.2) is 4.79 Å². The quantitative estimate of drug-likeness (QED) is 0.146. The third-order valence-electron chi connectivity index (χ3n) is 3.43. The zero-order valence-corrected chi connectivity index (χ0v) is 14.7. The number of rotatable bonds is 9. The maximum atomic E-state index is 12.2. The van der Waals surface area contributed by atoms with Crippen molar-refractivity contribution in [2.75, 3.05) is 6.54 Å². The molecule has 1 amide bonds. The van der Waals surface area contributed by atoms with Crippen molar-refractivity contribution in [2.45, 2.75) is 38.3 Å².